The monoisotopic (exact) mass is 450 g/mol. The van der Waals surface area contributed by atoms with Crippen molar-refractivity contribution >= 4 is 17.5 Å². The largest absolute Gasteiger partial charge is 0.493 e. The molecule has 3 rings (SSSR count). The summed E-state index contributed by atoms with van der Waals surface area (Å²) in [4.78, 5) is 25.5. The standard InChI is InChI=1S/C25H26N2O6/c1-30-20-12-6-10-18(22(20)32-3)24(28)26-15-16-8-5-9-17(14-16)27-25(29)19-11-7-13-21(31-2)23(19)33-4/h5-14H,15H2,1-4H3,(H,26,28)(H,27,29). The molecule has 0 aliphatic rings. The Bertz CT molecular complexity index is 1150. The summed E-state index contributed by atoms with van der Waals surface area (Å²) in [5, 5.41) is 5.72. The summed E-state index contributed by atoms with van der Waals surface area (Å²) in [6.07, 6.45) is 0. The van der Waals surface area contributed by atoms with Crippen LogP contribution in [0.15, 0.2) is 60.7 Å². The maximum absolute atomic E-state index is 12.8. The minimum Gasteiger partial charge on any atom is -0.493 e. The number of hydrogen-bond donors (Lipinski definition) is 2. The van der Waals surface area contributed by atoms with Crippen molar-refractivity contribution < 1.29 is 28.5 Å². The van der Waals surface area contributed by atoms with Gasteiger partial charge in [-0.25, -0.2) is 0 Å². The number of carbonyl (C=O) groups excluding carboxylic acids is 2. The lowest BCUT2D eigenvalue weighted by Crippen LogP contribution is -2.23. The molecule has 0 aliphatic heterocycles. The van der Waals surface area contributed by atoms with Gasteiger partial charge in [-0.3, -0.25) is 9.59 Å². The smallest absolute Gasteiger partial charge is 0.259 e. The molecule has 0 aliphatic carbocycles. The van der Waals surface area contributed by atoms with Gasteiger partial charge in [-0.15, -0.1) is 0 Å². The van der Waals surface area contributed by atoms with Crippen molar-refractivity contribution in [1.29, 1.82) is 0 Å². The Balaban J connectivity index is 1.71. The molecule has 0 saturated carbocycles. The van der Waals surface area contributed by atoms with Crippen molar-refractivity contribution in [2.75, 3.05) is 33.8 Å². The van der Waals surface area contributed by atoms with Crippen molar-refractivity contribution in [3.63, 3.8) is 0 Å². The van der Waals surface area contributed by atoms with E-state index in [0.29, 0.717) is 39.8 Å². The molecule has 3 aromatic carbocycles. The van der Waals surface area contributed by atoms with Gasteiger partial charge in [0.1, 0.15) is 0 Å². The van der Waals surface area contributed by atoms with E-state index in [1.165, 1.54) is 28.4 Å². The Hall–Kier alpha value is -4.20. The van der Waals surface area contributed by atoms with Gasteiger partial charge in [0.15, 0.2) is 23.0 Å². The number of para-hydroxylation sites is 2. The van der Waals surface area contributed by atoms with Crippen molar-refractivity contribution in [2.24, 2.45) is 0 Å². The quantitative estimate of drug-likeness (QED) is 0.513. The highest BCUT2D eigenvalue weighted by Gasteiger charge is 2.18. The van der Waals surface area contributed by atoms with Crippen LogP contribution in [0.4, 0.5) is 5.69 Å². The zero-order chi connectivity index (χ0) is 23.8. The third-order valence-corrected chi connectivity index (χ3v) is 4.93. The first-order valence-corrected chi connectivity index (χ1v) is 10.1. The number of methoxy groups -OCH3 is 4. The van der Waals surface area contributed by atoms with E-state index in [1.807, 2.05) is 6.07 Å². The van der Waals surface area contributed by atoms with Crippen LogP contribution in [0.5, 0.6) is 23.0 Å². The fourth-order valence-corrected chi connectivity index (χ4v) is 3.37. The van der Waals surface area contributed by atoms with Crippen LogP contribution in [0.2, 0.25) is 0 Å². The molecule has 0 unspecified atom stereocenters. The lowest BCUT2D eigenvalue weighted by Gasteiger charge is -2.14. The molecule has 8 nitrogen and oxygen atoms in total. The number of carbonyl (C=O) groups is 2. The number of hydrogen-bond acceptors (Lipinski definition) is 6. The van der Waals surface area contributed by atoms with Gasteiger partial charge in [0.05, 0.1) is 39.6 Å². The zero-order valence-corrected chi connectivity index (χ0v) is 18.9. The summed E-state index contributed by atoms with van der Waals surface area (Å²) in [5.41, 5.74) is 2.10. The van der Waals surface area contributed by atoms with E-state index < -0.39 is 0 Å². The zero-order valence-electron chi connectivity index (χ0n) is 18.9. The molecule has 0 aromatic heterocycles. The molecule has 0 radical (unpaired) electrons. The van der Waals surface area contributed by atoms with Gasteiger partial charge in [-0.2, -0.15) is 0 Å². The van der Waals surface area contributed by atoms with Gasteiger partial charge < -0.3 is 29.6 Å². The molecular formula is C25H26N2O6. The summed E-state index contributed by atoms with van der Waals surface area (Å²) in [7, 11) is 5.99. The first kappa shape index (κ1) is 23.5. The van der Waals surface area contributed by atoms with Gasteiger partial charge in [0, 0.05) is 12.2 Å². The average molecular weight is 450 g/mol. The Morgan fingerprint density at radius 2 is 1.24 bits per heavy atom. The Morgan fingerprint density at radius 3 is 1.79 bits per heavy atom. The fourth-order valence-electron chi connectivity index (χ4n) is 3.37. The van der Waals surface area contributed by atoms with Crippen molar-refractivity contribution in [1.82, 2.24) is 5.32 Å². The molecule has 33 heavy (non-hydrogen) atoms. The van der Waals surface area contributed by atoms with Gasteiger partial charge in [0.2, 0.25) is 0 Å². The molecule has 0 atom stereocenters. The molecule has 0 fully saturated rings. The van der Waals surface area contributed by atoms with Crippen LogP contribution in [0, 0.1) is 0 Å². The van der Waals surface area contributed by atoms with E-state index in [9.17, 15) is 9.59 Å². The number of nitrogens with one attached hydrogen (secondary N) is 2. The van der Waals surface area contributed by atoms with E-state index in [1.54, 1.807) is 54.6 Å². The summed E-state index contributed by atoms with van der Waals surface area (Å²) in [6, 6.07) is 17.4. The predicted molar refractivity (Wildman–Crippen MR) is 125 cm³/mol. The summed E-state index contributed by atoms with van der Waals surface area (Å²) >= 11 is 0. The van der Waals surface area contributed by atoms with Gasteiger partial charge in [-0.1, -0.05) is 24.3 Å². The molecule has 172 valence electrons. The van der Waals surface area contributed by atoms with Gasteiger partial charge >= 0.3 is 0 Å². The highest BCUT2D eigenvalue weighted by molar-refractivity contribution is 6.06. The lowest BCUT2D eigenvalue weighted by atomic mass is 10.1. The second kappa shape index (κ2) is 10.9. The number of rotatable bonds is 9. The maximum Gasteiger partial charge on any atom is 0.259 e. The minimum atomic E-state index is -0.340. The van der Waals surface area contributed by atoms with Crippen LogP contribution < -0.4 is 29.6 Å². The number of anilines is 1. The molecule has 3 aromatic rings. The fraction of sp³-hybridized carbons (Fsp3) is 0.200. The number of amides is 2. The van der Waals surface area contributed by atoms with E-state index >= 15 is 0 Å². The predicted octanol–water partition coefficient (Wildman–Crippen LogP) is 3.90. The van der Waals surface area contributed by atoms with E-state index in [2.05, 4.69) is 10.6 Å². The normalized spacial score (nSPS) is 10.2. The summed E-state index contributed by atoms with van der Waals surface area (Å²) in [5.74, 6) is 1.02. The molecular weight excluding hydrogens is 424 g/mol. The lowest BCUT2D eigenvalue weighted by molar-refractivity contribution is 0.0946. The average Bonchev–Trinajstić information content (AvgIpc) is 2.86. The Morgan fingerprint density at radius 1 is 0.697 bits per heavy atom. The second-order valence-corrected chi connectivity index (χ2v) is 6.92. The number of ether oxygens (including phenoxy) is 4. The minimum absolute atomic E-state index is 0.255. The van der Waals surface area contributed by atoms with Crippen LogP contribution in [0.3, 0.4) is 0 Å². The topological polar surface area (TPSA) is 95.1 Å². The van der Waals surface area contributed by atoms with Crippen LogP contribution in [0.25, 0.3) is 0 Å². The first-order chi connectivity index (χ1) is 16.0. The van der Waals surface area contributed by atoms with E-state index in [0.717, 1.165) is 5.56 Å². The molecule has 0 spiro atoms. The molecule has 2 N–H and O–H groups in total. The van der Waals surface area contributed by atoms with E-state index in [4.69, 9.17) is 18.9 Å². The van der Waals surface area contributed by atoms with Crippen LogP contribution in [0.1, 0.15) is 26.3 Å². The maximum atomic E-state index is 12.8. The Kier molecular flexibility index (Phi) is 7.75. The van der Waals surface area contributed by atoms with Gasteiger partial charge in [0.25, 0.3) is 11.8 Å². The van der Waals surface area contributed by atoms with Crippen molar-refractivity contribution in [3.05, 3.63) is 77.4 Å². The number of benzene rings is 3. The highest BCUT2D eigenvalue weighted by Crippen LogP contribution is 2.32. The summed E-state index contributed by atoms with van der Waals surface area (Å²) in [6.45, 7) is 0.255. The first-order valence-electron chi connectivity index (χ1n) is 10.1. The third-order valence-electron chi connectivity index (χ3n) is 4.93. The van der Waals surface area contributed by atoms with E-state index in [-0.39, 0.29) is 18.4 Å². The van der Waals surface area contributed by atoms with Crippen LogP contribution in [-0.4, -0.2) is 40.3 Å². The van der Waals surface area contributed by atoms with Crippen LogP contribution >= 0.6 is 0 Å². The molecule has 0 heterocycles. The van der Waals surface area contributed by atoms with Crippen LogP contribution in [-0.2, 0) is 6.54 Å². The molecule has 8 heteroatoms. The molecule has 0 bridgehead atoms. The van der Waals surface area contributed by atoms with Crippen molar-refractivity contribution in [3.8, 4) is 23.0 Å². The third kappa shape index (κ3) is 5.35. The highest BCUT2D eigenvalue weighted by atomic mass is 16.5. The van der Waals surface area contributed by atoms with Crippen molar-refractivity contribution in [2.45, 2.75) is 6.54 Å². The second-order valence-electron chi connectivity index (χ2n) is 6.92. The molecule has 2 amide bonds. The summed E-state index contributed by atoms with van der Waals surface area (Å²) < 4.78 is 21.2. The SMILES string of the molecule is COc1cccc(C(=O)NCc2cccc(NC(=O)c3cccc(OC)c3OC)c2)c1OC. The van der Waals surface area contributed by atoms with Gasteiger partial charge in [-0.05, 0) is 42.0 Å². The molecule has 0 saturated heterocycles. The Labute approximate surface area is 192 Å².